The van der Waals surface area contributed by atoms with Crippen LogP contribution >= 0.6 is 0 Å². The van der Waals surface area contributed by atoms with Gasteiger partial charge >= 0.3 is 0 Å². The van der Waals surface area contributed by atoms with E-state index in [2.05, 4.69) is 49.0 Å². The van der Waals surface area contributed by atoms with Crippen LogP contribution in [0.4, 0.5) is 5.69 Å². The van der Waals surface area contributed by atoms with Gasteiger partial charge in [-0.3, -0.25) is 0 Å². The average molecular weight is 218 g/mol. The van der Waals surface area contributed by atoms with Gasteiger partial charge in [0.25, 0.3) is 0 Å². The van der Waals surface area contributed by atoms with Gasteiger partial charge in [-0.2, -0.15) is 0 Å². The van der Waals surface area contributed by atoms with Crippen LogP contribution in [-0.4, -0.2) is 38.6 Å². The zero-order valence-corrected chi connectivity index (χ0v) is 10.7. The number of hydrogen-bond donors (Lipinski definition) is 0. The highest BCUT2D eigenvalue weighted by atomic mass is 15.2. The molecule has 2 heteroatoms. The molecule has 2 nitrogen and oxygen atoms in total. The molecule has 88 valence electrons. The van der Waals surface area contributed by atoms with E-state index < -0.39 is 0 Å². The van der Waals surface area contributed by atoms with Crippen LogP contribution in [0.3, 0.4) is 0 Å². The number of anilines is 1. The van der Waals surface area contributed by atoms with Crippen molar-refractivity contribution in [1.82, 2.24) is 4.90 Å². The Hall–Kier alpha value is -1.02. The van der Waals surface area contributed by atoms with Crippen LogP contribution in [0.1, 0.15) is 17.5 Å². The summed E-state index contributed by atoms with van der Waals surface area (Å²) in [5.41, 5.74) is 4.38. The molecule has 0 aliphatic carbocycles. The molecular weight excluding hydrogens is 196 g/mol. The monoisotopic (exact) mass is 218 g/mol. The average Bonchev–Trinajstić information content (AvgIpc) is 2.60. The maximum Gasteiger partial charge on any atom is 0.0399 e. The first-order valence-corrected chi connectivity index (χ1v) is 6.16. The predicted molar refractivity (Wildman–Crippen MR) is 70.3 cm³/mol. The Balaban J connectivity index is 1.95. The zero-order chi connectivity index (χ0) is 11.5. The second-order valence-corrected chi connectivity index (χ2v) is 5.03. The lowest BCUT2D eigenvalue weighted by Gasteiger charge is -2.20. The summed E-state index contributed by atoms with van der Waals surface area (Å²) in [6.45, 7) is 5.74. The van der Waals surface area contributed by atoms with Gasteiger partial charge in [0, 0.05) is 18.8 Å². The minimum atomic E-state index is 1.18. The Bertz CT molecular complexity index is 358. The molecule has 1 heterocycles. The molecule has 1 aliphatic heterocycles. The molecule has 2 rings (SSSR count). The first-order valence-electron chi connectivity index (χ1n) is 6.16. The van der Waals surface area contributed by atoms with Crippen LogP contribution in [0, 0.1) is 6.92 Å². The van der Waals surface area contributed by atoms with Gasteiger partial charge in [0.2, 0.25) is 0 Å². The minimum absolute atomic E-state index is 1.18. The molecular formula is C14H22N2. The fourth-order valence-electron chi connectivity index (χ4n) is 2.41. The molecule has 0 saturated carbocycles. The lowest BCUT2D eigenvalue weighted by molar-refractivity contribution is 0.401. The van der Waals surface area contributed by atoms with Gasteiger partial charge in [-0.15, -0.1) is 0 Å². The molecule has 0 saturated heterocycles. The first-order chi connectivity index (χ1) is 7.66. The molecule has 0 N–H and O–H groups in total. The highest BCUT2D eigenvalue weighted by Gasteiger charge is 2.17. The van der Waals surface area contributed by atoms with Gasteiger partial charge in [0.05, 0.1) is 0 Å². The van der Waals surface area contributed by atoms with E-state index in [-0.39, 0.29) is 0 Å². The van der Waals surface area contributed by atoms with Crippen LogP contribution in [0.2, 0.25) is 0 Å². The van der Waals surface area contributed by atoms with Gasteiger partial charge in [-0.1, -0.05) is 17.7 Å². The lowest BCUT2D eigenvalue weighted by atomic mass is 10.1. The summed E-state index contributed by atoms with van der Waals surface area (Å²) < 4.78 is 0. The van der Waals surface area contributed by atoms with Gasteiger partial charge in [-0.05, 0) is 52.0 Å². The fraction of sp³-hybridized carbons (Fsp3) is 0.571. The van der Waals surface area contributed by atoms with Crippen molar-refractivity contribution in [3.8, 4) is 0 Å². The molecule has 16 heavy (non-hydrogen) atoms. The largest absolute Gasteiger partial charge is 0.371 e. The number of rotatable bonds is 4. The minimum Gasteiger partial charge on any atom is -0.371 e. The molecule has 0 atom stereocenters. The van der Waals surface area contributed by atoms with Crippen LogP contribution in [0.5, 0.6) is 0 Å². The third-order valence-corrected chi connectivity index (χ3v) is 3.26. The van der Waals surface area contributed by atoms with E-state index in [1.165, 1.54) is 49.3 Å². The fourth-order valence-corrected chi connectivity index (χ4v) is 2.41. The van der Waals surface area contributed by atoms with Gasteiger partial charge in [-0.25, -0.2) is 0 Å². The summed E-state index contributed by atoms with van der Waals surface area (Å²) in [7, 11) is 4.28. The zero-order valence-electron chi connectivity index (χ0n) is 10.7. The molecule has 1 aromatic rings. The van der Waals surface area contributed by atoms with Crippen molar-refractivity contribution in [2.24, 2.45) is 0 Å². The van der Waals surface area contributed by atoms with Crippen molar-refractivity contribution >= 4 is 5.69 Å². The van der Waals surface area contributed by atoms with Crippen LogP contribution in [0.25, 0.3) is 0 Å². The van der Waals surface area contributed by atoms with Crippen molar-refractivity contribution in [2.75, 3.05) is 38.6 Å². The molecule has 0 aromatic heterocycles. The molecule has 1 aliphatic rings. The standard InChI is InChI=1S/C14H22N2/c1-12-5-6-14-13(11-12)7-10-16(14)9-4-8-15(2)3/h5-6,11H,4,7-10H2,1-3H3. The van der Waals surface area contributed by atoms with Crippen molar-refractivity contribution in [3.63, 3.8) is 0 Å². The molecule has 0 fully saturated rings. The Morgan fingerprint density at radius 1 is 1.31 bits per heavy atom. The maximum atomic E-state index is 2.53. The number of aryl methyl sites for hydroxylation is 1. The Morgan fingerprint density at radius 3 is 2.88 bits per heavy atom. The summed E-state index contributed by atoms with van der Waals surface area (Å²) in [6.07, 6.45) is 2.47. The van der Waals surface area contributed by atoms with Gasteiger partial charge in [0.1, 0.15) is 0 Å². The van der Waals surface area contributed by atoms with E-state index in [1.54, 1.807) is 0 Å². The maximum absolute atomic E-state index is 2.53. The summed E-state index contributed by atoms with van der Waals surface area (Å²) in [5, 5.41) is 0. The van der Waals surface area contributed by atoms with Crippen molar-refractivity contribution in [2.45, 2.75) is 19.8 Å². The number of benzene rings is 1. The number of nitrogens with zero attached hydrogens (tertiary/aromatic N) is 2. The SMILES string of the molecule is Cc1ccc2c(c1)CCN2CCCN(C)C. The van der Waals surface area contributed by atoms with Crippen LogP contribution < -0.4 is 4.90 Å². The molecule has 0 bridgehead atoms. The lowest BCUT2D eigenvalue weighted by Crippen LogP contribution is -2.25. The highest BCUT2D eigenvalue weighted by molar-refractivity contribution is 5.58. The molecule has 0 spiro atoms. The molecule has 0 amide bonds. The molecule has 0 radical (unpaired) electrons. The quantitative estimate of drug-likeness (QED) is 0.765. The topological polar surface area (TPSA) is 6.48 Å². The normalized spacial score (nSPS) is 14.6. The van der Waals surface area contributed by atoms with Gasteiger partial charge in [0.15, 0.2) is 0 Å². The van der Waals surface area contributed by atoms with Gasteiger partial charge < -0.3 is 9.80 Å². The van der Waals surface area contributed by atoms with E-state index in [4.69, 9.17) is 0 Å². The molecule has 0 unspecified atom stereocenters. The van der Waals surface area contributed by atoms with Crippen molar-refractivity contribution in [1.29, 1.82) is 0 Å². The second kappa shape index (κ2) is 4.88. The number of hydrogen-bond acceptors (Lipinski definition) is 2. The van der Waals surface area contributed by atoms with Crippen molar-refractivity contribution < 1.29 is 0 Å². The third-order valence-electron chi connectivity index (χ3n) is 3.26. The van der Waals surface area contributed by atoms with E-state index in [1.807, 2.05) is 0 Å². The van der Waals surface area contributed by atoms with E-state index >= 15 is 0 Å². The van der Waals surface area contributed by atoms with Crippen molar-refractivity contribution in [3.05, 3.63) is 29.3 Å². The smallest absolute Gasteiger partial charge is 0.0399 e. The van der Waals surface area contributed by atoms with Crippen LogP contribution in [-0.2, 0) is 6.42 Å². The molecule has 1 aromatic carbocycles. The summed E-state index contributed by atoms with van der Waals surface area (Å²) >= 11 is 0. The summed E-state index contributed by atoms with van der Waals surface area (Å²) in [6, 6.07) is 6.84. The Kier molecular flexibility index (Phi) is 3.49. The highest BCUT2D eigenvalue weighted by Crippen LogP contribution is 2.28. The third kappa shape index (κ3) is 2.56. The summed E-state index contributed by atoms with van der Waals surface area (Å²) in [4.78, 5) is 4.78. The Labute approximate surface area is 98.9 Å². The van der Waals surface area contributed by atoms with E-state index in [0.29, 0.717) is 0 Å². The number of fused-ring (bicyclic) bond motifs is 1. The second-order valence-electron chi connectivity index (χ2n) is 5.03. The van der Waals surface area contributed by atoms with E-state index in [0.717, 1.165) is 0 Å². The Morgan fingerprint density at radius 2 is 2.12 bits per heavy atom. The first kappa shape index (κ1) is 11.5. The van der Waals surface area contributed by atoms with Crippen LogP contribution in [0.15, 0.2) is 18.2 Å². The predicted octanol–water partition coefficient (Wildman–Crippen LogP) is 2.31. The van der Waals surface area contributed by atoms with E-state index in [9.17, 15) is 0 Å². The summed E-state index contributed by atoms with van der Waals surface area (Å²) in [5.74, 6) is 0.